The first-order valence-electron chi connectivity index (χ1n) is 9.52. The summed E-state index contributed by atoms with van der Waals surface area (Å²) in [6.07, 6.45) is 3.41. The molecule has 0 N–H and O–H groups in total. The van der Waals surface area contributed by atoms with Crippen LogP contribution in [-0.2, 0) is 9.59 Å². The third-order valence-electron chi connectivity index (χ3n) is 5.29. The zero-order valence-corrected chi connectivity index (χ0v) is 15.5. The number of amides is 2. The van der Waals surface area contributed by atoms with Crippen molar-refractivity contribution in [2.75, 3.05) is 24.5 Å². The van der Waals surface area contributed by atoms with Gasteiger partial charge in [-0.1, -0.05) is 6.07 Å². The summed E-state index contributed by atoms with van der Waals surface area (Å²) in [7, 11) is 0. The minimum atomic E-state index is -0.356. The van der Waals surface area contributed by atoms with Gasteiger partial charge < -0.3 is 14.5 Å². The molecule has 1 atom stereocenters. The zero-order valence-electron chi connectivity index (χ0n) is 15.5. The molecule has 0 radical (unpaired) electrons. The molecule has 2 aromatic rings. The van der Waals surface area contributed by atoms with Crippen molar-refractivity contribution < 1.29 is 18.7 Å². The number of rotatable bonds is 4. The van der Waals surface area contributed by atoms with Crippen LogP contribution in [0.2, 0.25) is 0 Å². The standard InChI is InChI=1S/C21H22FN3O3/c22-16-4-6-17(7-5-16)25-14-15(13-20(25)26)21(27)24-11-8-18(9-12-24)28-19-3-1-2-10-23-19/h1-7,10,15,18H,8-9,11-14H2/t15-/m0/s1. The Morgan fingerprint density at radius 2 is 1.86 bits per heavy atom. The number of benzene rings is 1. The number of carbonyl (C=O) groups is 2. The number of nitrogens with zero attached hydrogens (tertiary/aromatic N) is 3. The number of halogens is 1. The van der Waals surface area contributed by atoms with Gasteiger partial charge in [-0.25, -0.2) is 9.37 Å². The van der Waals surface area contributed by atoms with Gasteiger partial charge in [-0.3, -0.25) is 9.59 Å². The van der Waals surface area contributed by atoms with Crippen LogP contribution in [0.4, 0.5) is 10.1 Å². The second-order valence-electron chi connectivity index (χ2n) is 7.19. The molecule has 2 fully saturated rings. The van der Waals surface area contributed by atoms with Gasteiger partial charge in [0, 0.05) is 56.8 Å². The highest BCUT2D eigenvalue weighted by Crippen LogP contribution is 2.27. The average molecular weight is 383 g/mol. The average Bonchev–Trinajstić information content (AvgIpc) is 3.11. The highest BCUT2D eigenvalue weighted by atomic mass is 19.1. The maximum absolute atomic E-state index is 13.1. The van der Waals surface area contributed by atoms with E-state index >= 15 is 0 Å². The van der Waals surface area contributed by atoms with Gasteiger partial charge in [0.25, 0.3) is 0 Å². The Kier molecular flexibility index (Phi) is 5.23. The monoisotopic (exact) mass is 383 g/mol. The van der Waals surface area contributed by atoms with Crippen LogP contribution in [0.15, 0.2) is 48.7 Å². The fourth-order valence-corrected chi connectivity index (χ4v) is 3.78. The molecule has 2 aliphatic heterocycles. The number of likely N-dealkylation sites (tertiary alicyclic amines) is 1. The number of pyridine rings is 1. The van der Waals surface area contributed by atoms with Crippen LogP contribution in [0.3, 0.4) is 0 Å². The van der Waals surface area contributed by atoms with Gasteiger partial charge in [-0.15, -0.1) is 0 Å². The largest absolute Gasteiger partial charge is 0.474 e. The lowest BCUT2D eigenvalue weighted by Crippen LogP contribution is -2.45. The molecular formula is C21H22FN3O3. The molecule has 0 aliphatic carbocycles. The highest BCUT2D eigenvalue weighted by Gasteiger charge is 2.38. The van der Waals surface area contributed by atoms with Gasteiger partial charge in [0.05, 0.1) is 5.92 Å². The summed E-state index contributed by atoms with van der Waals surface area (Å²) in [5.41, 5.74) is 0.629. The lowest BCUT2D eigenvalue weighted by molar-refractivity contribution is -0.137. The molecule has 0 saturated carbocycles. The number of aromatic nitrogens is 1. The summed E-state index contributed by atoms with van der Waals surface area (Å²) in [6.45, 7) is 1.56. The van der Waals surface area contributed by atoms with Gasteiger partial charge in [0.1, 0.15) is 11.9 Å². The second kappa shape index (κ2) is 7.96. The molecule has 3 heterocycles. The van der Waals surface area contributed by atoms with Crippen LogP contribution >= 0.6 is 0 Å². The van der Waals surface area contributed by atoms with Crippen LogP contribution in [0.25, 0.3) is 0 Å². The molecule has 0 bridgehead atoms. The van der Waals surface area contributed by atoms with Crippen molar-refractivity contribution in [3.8, 4) is 5.88 Å². The zero-order chi connectivity index (χ0) is 19.5. The molecule has 6 nitrogen and oxygen atoms in total. The maximum atomic E-state index is 13.1. The Bertz CT molecular complexity index is 836. The van der Waals surface area contributed by atoms with E-state index in [1.54, 1.807) is 23.2 Å². The van der Waals surface area contributed by atoms with Crippen molar-refractivity contribution in [3.05, 3.63) is 54.5 Å². The van der Waals surface area contributed by atoms with E-state index in [0.717, 1.165) is 12.8 Å². The Morgan fingerprint density at radius 1 is 1.11 bits per heavy atom. The van der Waals surface area contributed by atoms with Gasteiger partial charge in [0.2, 0.25) is 17.7 Å². The summed E-state index contributed by atoms with van der Waals surface area (Å²) in [6, 6.07) is 11.3. The minimum absolute atomic E-state index is 0.00856. The van der Waals surface area contributed by atoms with E-state index in [-0.39, 0.29) is 36.1 Å². The number of hydrogen-bond acceptors (Lipinski definition) is 4. The number of carbonyl (C=O) groups excluding carboxylic acids is 2. The highest BCUT2D eigenvalue weighted by molar-refractivity contribution is 6.00. The Morgan fingerprint density at radius 3 is 2.54 bits per heavy atom. The van der Waals surface area contributed by atoms with Gasteiger partial charge in [-0.2, -0.15) is 0 Å². The first kappa shape index (κ1) is 18.4. The Balaban J connectivity index is 1.32. The summed E-state index contributed by atoms with van der Waals surface area (Å²) < 4.78 is 19.0. The Hall–Kier alpha value is -2.96. The first-order valence-corrected chi connectivity index (χ1v) is 9.52. The van der Waals surface area contributed by atoms with Crippen LogP contribution in [0.5, 0.6) is 5.88 Å². The van der Waals surface area contributed by atoms with E-state index < -0.39 is 0 Å². The first-order chi connectivity index (χ1) is 13.6. The lowest BCUT2D eigenvalue weighted by atomic mass is 10.0. The van der Waals surface area contributed by atoms with Gasteiger partial charge in [0.15, 0.2) is 0 Å². The SMILES string of the molecule is O=C([C@H]1CC(=O)N(c2ccc(F)cc2)C1)N1CCC(Oc2ccccn2)CC1. The quantitative estimate of drug-likeness (QED) is 0.814. The van der Waals surface area contributed by atoms with E-state index in [0.29, 0.717) is 31.2 Å². The van der Waals surface area contributed by atoms with E-state index in [2.05, 4.69) is 4.98 Å². The molecule has 2 amide bonds. The van der Waals surface area contributed by atoms with Crippen LogP contribution in [0, 0.1) is 11.7 Å². The predicted octanol–water partition coefficient (Wildman–Crippen LogP) is 2.64. The van der Waals surface area contributed by atoms with Crippen molar-refractivity contribution in [2.45, 2.75) is 25.4 Å². The van der Waals surface area contributed by atoms with E-state index in [1.807, 2.05) is 23.1 Å². The van der Waals surface area contributed by atoms with Gasteiger partial charge in [-0.05, 0) is 30.3 Å². The molecule has 0 unspecified atom stereocenters. The van der Waals surface area contributed by atoms with E-state index in [9.17, 15) is 14.0 Å². The van der Waals surface area contributed by atoms with Crippen molar-refractivity contribution >= 4 is 17.5 Å². The molecular weight excluding hydrogens is 361 g/mol. The fourth-order valence-electron chi connectivity index (χ4n) is 3.78. The van der Waals surface area contributed by atoms with Crippen LogP contribution in [-0.4, -0.2) is 47.4 Å². The molecule has 1 aromatic heterocycles. The van der Waals surface area contributed by atoms with Crippen LogP contribution < -0.4 is 9.64 Å². The molecule has 0 spiro atoms. The minimum Gasteiger partial charge on any atom is -0.474 e. The molecule has 7 heteroatoms. The Labute approximate surface area is 162 Å². The molecule has 4 rings (SSSR count). The molecule has 2 aliphatic rings. The van der Waals surface area contributed by atoms with E-state index in [4.69, 9.17) is 4.74 Å². The molecule has 1 aromatic carbocycles. The number of hydrogen-bond donors (Lipinski definition) is 0. The number of anilines is 1. The molecule has 28 heavy (non-hydrogen) atoms. The summed E-state index contributed by atoms with van der Waals surface area (Å²) >= 11 is 0. The second-order valence-corrected chi connectivity index (χ2v) is 7.19. The van der Waals surface area contributed by atoms with Gasteiger partial charge >= 0.3 is 0 Å². The van der Waals surface area contributed by atoms with Crippen molar-refractivity contribution in [1.82, 2.24) is 9.88 Å². The summed E-state index contributed by atoms with van der Waals surface area (Å²) in [5, 5.41) is 0. The molecule has 2 saturated heterocycles. The van der Waals surface area contributed by atoms with E-state index in [1.165, 1.54) is 12.1 Å². The third kappa shape index (κ3) is 3.98. The lowest BCUT2D eigenvalue weighted by Gasteiger charge is -2.33. The summed E-state index contributed by atoms with van der Waals surface area (Å²) in [4.78, 5) is 32.8. The number of piperidine rings is 1. The van der Waals surface area contributed by atoms with Crippen LogP contribution in [0.1, 0.15) is 19.3 Å². The predicted molar refractivity (Wildman–Crippen MR) is 101 cm³/mol. The number of ether oxygens (including phenoxy) is 1. The summed E-state index contributed by atoms with van der Waals surface area (Å²) in [5.74, 6) is -0.194. The fraction of sp³-hybridized carbons (Fsp3) is 0.381. The van der Waals surface area contributed by atoms with Crippen molar-refractivity contribution in [1.29, 1.82) is 0 Å². The topological polar surface area (TPSA) is 62.7 Å². The maximum Gasteiger partial charge on any atom is 0.228 e. The van der Waals surface area contributed by atoms with Crippen molar-refractivity contribution in [3.63, 3.8) is 0 Å². The third-order valence-corrected chi connectivity index (χ3v) is 5.29. The normalized spacial score (nSPS) is 20.5. The smallest absolute Gasteiger partial charge is 0.228 e. The van der Waals surface area contributed by atoms with Crippen molar-refractivity contribution in [2.24, 2.45) is 5.92 Å². The molecule has 146 valence electrons.